The third-order valence-corrected chi connectivity index (χ3v) is 4.58. The van der Waals surface area contributed by atoms with E-state index in [1.165, 1.54) is 5.56 Å². The van der Waals surface area contributed by atoms with Crippen molar-refractivity contribution in [2.75, 3.05) is 0 Å². The number of pyridine rings is 1. The molecule has 2 atom stereocenters. The SMILES string of the molecule is CC(N)C(SCc1ccc(Cl)cc1)c1ccccn1. The first-order chi connectivity index (χ1) is 9.16. The molecule has 0 saturated carbocycles. The van der Waals surface area contributed by atoms with E-state index in [0.717, 1.165) is 16.5 Å². The Kier molecular flexibility index (Phi) is 5.25. The van der Waals surface area contributed by atoms with Crippen LogP contribution < -0.4 is 5.73 Å². The first kappa shape index (κ1) is 14.4. The third kappa shape index (κ3) is 4.23. The number of thioether (sulfide) groups is 1. The van der Waals surface area contributed by atoms with Gasteiger partial charge in [-0.3, -0.25) is 4.98 Å². The molecule has 100 valence electrons. The minimum absolute atomic E-state index is 0.0622. The monoisotopic (exact) mass is 292 g/mol. The molecular formula is C15H17ClN2S. The number of nitrogens with zero attached hydrogens (tertiary/aromatic N) is 1. The molecule has 0 amide bonds. The summed E-state index contributed by atoms with van der Waals surface area (Å²) >= 11 is 7.70. The second-order valence-electron chi connectivity index (χ2n) is 4.47. The summed E-state index contributed by atoms with van der Waals surface area (Å²) < 4.78 is 0. The molecule has 0 radical (unpaired) electrons. The molecule has 2 nitrogen and oxygen atoms in total. The Labute approximate surface area is 123 Å². The van der Waals surface area contributed by atoms with Gasteiger partial charge in [-0.1, -0.05) is 29.8 Å². The summed E-state index contributed by atoms with van der Waals surface area (Å²) in [5.74, 6) is 0.903. The van der Waals surface area contributed by atoms with Crippen LogP contribution in [-0.4, -0.2) is 11.0 Å². The number of hydrogen-bond acceptors (Lipinski definition) is 3. The van der Waals surface area contributed by atoms with Crippen molar-refractivity contribution in [1.29, 1.82) is 0 Å². The van der Waals surface area contributed by atoms with Crippen LogP contribution in [0.4, 0.5) is 0 Å². The first-order valence-electron chi connectivity index (χ1n) is 6.19. The van der Waals surface area contributed by atoms with E-state index >= 15 is 0 Å². The lowest BCUT2D eigenvalue weighted by Crippen LogP contribution is -2.23. The molecule has 2 unspecified atom stereocenters. The van der Waals surface area contributed by atoms with E-state index in [4.69, 9.17) is 17.3 Å². The molecule has 1 aromatic heterocycles. The molecule has 0 aliphatic rings. The Bertz CT molecular complexity index is 499. The minimum Gasteiger partial charge on any atom is -0.327 e. The van der Waals surface area contributed by atoms with Crippen LogP contribution in [-0.2, 0) is 5.75 Å². The number of rotatable bonds is 5. The maximum absolute atomic E-state index is 6.08. The maximum atomic E-state index is 6.08. The summed E-state index contributed by atoms with van der Waals surface area (Å²) in [6.45, 7) is 2.02. The highest BCUT2D eigenvalue weighted by molar-refractivity contribution is 7.98. The van der Waals surface area contributed by atoms with Gasteiger partial charge in [-0.15, -0.1) is 11.8 Å². The van der Waals surface area contributed by atoms with Crippen molar-refractivity contribution in [1.82, 2.24) is 4.98 Å². The number of hydrogen-bond donors (Lipinski definition) is 1. The highest BCUT2D eigenvalue weighted by Crippen LogP contribution is 2.32. The standard InChI is InChI=1S/C15H17ClN2S/c1-11(17)15(14-4-2-3-9-18-14)19-10-12-5-7-13(16)8-6-12/h2-9,11,15H,10,17H2,1H3. The predicted molar refractivity (Wildman–Crippen MR) is 83.4 cm³/mol. The molecule has 0 bridgehead atoms. The van der Waals surface area contributed by atoms with Gasteiger partial charge in [-0.05, 0) is 36.8 Å². The highest BCUT2D eigenvalue weighted by Gasteiger charge is 2.17. The van der Waals surface area contributed by atoms with Gasteiger partial charge >= 0.3 is 0 Å². The van der Waals surface area contributed by atoms with Crippen LogP contribution in [0.1, 0.15) is 23.4 Å². The van der Waals surface area contributed by atoms with Gasteiger partial charge in [0.15, 0.2) is 0 Å². The van der Waals surface area contributed by atoms with E-state index in [1.54, 1.807) is 0 Å². The van der Waals surface area contributed by atoms with Crippen molar-refractivity contribution in [3.8, 4) is 0 Å². The molecule has 1 aromatic carbocycles. The average molecular weight is 293 g/mol. The maximum Gasteiger partial charge on any atom is 0.0621 e. The smallest absolute Gasteiger partial charge is 0.0621 e. The predicted octanol–water partition coefficient (Wildman–Crippen LogP) is 4.06. The van der Waals surface area contributed by atoms with Gasteiger partial charge in [-0.2, -0.15) is 0 Å². The van der Waals surface area contributed by atoms with E-state index in [-0.39, 0.29) is 11.3 Å². The van der Waals surface area contributed by atoms with Gasteiger partial charge in [0, 0.05) is 23.0 Å². The van der Waals surface area contributed by atoms with Crippen LogP contribution in [0.2, 0.25) is 5.02 Å². The summed E-state index contributed by atoms with van der Waals surface area (Å²) in [7, 11) is 0. The van der Waals surface area contributed by atoms with Crippen molar-refractivity contribution < 1.29 is 0 Å². The molecule has 1 heterocycles. The van der Waals surface area contributed by atoms with Crippen molar-refractivity contribution >= 4 is 23.4 Å². The van der Waals surface area contributed by atoms with Crippen LogP contribution in [0.15, 0.2) is 48.7 Å². The zero-order chi connectivity index (χ0) is 13.7. The first-order valence-corrected chi connectivity index (χ1v) is 7.62. The summed E-state index contributed by atoms with van der Waals surface area (Å²) in [5, 5.41) is 0.971. The molecule has 0 saturated heterocycles. The van der Waals surface area contributed by atoms with Crippen LogP contribution >= 0.6 is 23.4 Å². The number of benzene rings is 1. The summed E-state index contributed by atoms with van der Waals surface area (Å²) in [6.07, 6.45) is 1.81. The van der Waals surface area contributed by atoms with Crippen molar-refractivity contribution in [2.24, 2.45) is 5.73 Å². The Morgan fingerprint density at radius 3 is 2.53 bits per heavy atom. The van der Waals surface area contributed by atoms with Gasteiger partial charge in [0.2, 0.25) is 0 Å². The van der Waals surface area contributed by atoms with Gasteiger partial charge in [0.1, 0.15) is 0 Å². The Morgan fingerprint density at radius 1 is 1.21 bits per heavy atom. The molecule has 0 fully saturated rings. The van der Waals surface area contributed by atoms with Crippen molar-refractivity contribution in [2.45, 2.75) is 24.0 Å². The molecule has 2 N–H and O–H groups in total. The molecule has 4 heteroatoms. The summed E-state index contributed by atoms with van der Waals surface area (Å²) in [4.78, 5) is 4.40. The third-order valence-electron chi connectivity index (χ3n) is 2.80. The van der Waals surface area contributed by atoms with Crippen molar-refractivity contribution in [3.63, 3.8) is 0 Å². The largest absolute Gasteiger partial charge is 0.327 e. The molecular weight excluding hydrogens is 276 g/mol. The Morgan fingerprint density at radius 2 is 1.95 bits per heavy atom. The zero-order valence-corrected chi connectivity index (χ0v) is 12.4. The lowest BCUT2D eigenvalue weighted by Gasteiger charge is -2.19. The molecule has 0 aliphatic carbocycles. The summed E-state index contributed by atoms with van der Waals surface area (Å²) in [6, 6.07) is 13.9. The molecule has 0 aliphatic heterocycles. The Balaban J connectivity index is 2.04. The van der Waals surface area contributed by atoms with Crippen molar-refractivity contribution in [3.05, 3.63) is 64.9 Å². The normalized spacial score (nSPS) is 14.1. The second kappa shape index (κ2) is 6.94. The Hall–Kier alpha value is -1.03. The lowest BCUT2D eigenvalue weighted by molar-refractivity contribution is 0.705. The average Bonchev–Trinajstić information content (AvgIpc) is 2.42. The van der Waals surface area contributed by atoms with E-state index in [9.17, 15) is 0 Å². The van der Waals surface area contributed by atoms with Gasteiger partial charge in [0.05, 0.1) is 10.9 Å². The fourth-order valence-electron chi connectivity index (χ4n) is 1.82. The fraction of sp³-hybridized carbons (Fsp3) is 0.267. The van der Waals surface area contributed by atoms with E-state index < -0.39 is 0 Å². The van der Waals surface area contributed by atoms with Gasteiger partial charge in [0.25, 0.3) is 0 Å². The summed E-state index contributed by atoms with van der Waals surface area (Å²) in [5.41, 5.74) is 8.36. The lowest BCUT2D eigenvalue weighted by atomic mass is 10.2. The van der Waals surface area contributed by atoms with Gasteiger partial charge < -0.3 is 5.73 Å². The minimum atomic E-state index is 0.0622. The molecule has 19 heavy (non-hydrogen) atoms. The van der Waals surface area contributed by atoms with Gasteiger partial charge in [-0.25, -0.2) is 0 Å². The quantitative estimate of drug-likeness (QED) is 0.903. The number of nitrogens with two attached hydrogens (primary N) is 1. The van der Waals surface area contributed by atoms with E-state index in [2.05, 4.69) is 4.98 Å². The topological polar surface area (TPSA) is 38.9 Å². The molecule has 2 aromatic rings. The number of halogens is 1. The van der Waals surface area contributed by atoms with Crippen LogP contribution in [0, 0.1) is 0 Å². The van der Waals surface area contributed by atoms with Crippen LogP contribution in [0.25, 0.3) is 0 Å². The zero-order valence-electron chi connectivity index (χ0n) is 10.8. The fourth-order valence-corrected chi connectivity index (χ4v) is 3.12. The van der Waals surface area contributed by atoms with E-state index in [0.29, 0.717) is 0 Å². The van der Waals surface area contributed by atoms with Crippen LogP contribution in [0.3, 0.4) is 0 Å². The van der Waals surface area contributed by atoms with Crippen LogP contribution in [0.5, 0.6) is 0 Å². The highest BCUT2D eigenvalue weighted by atomic mass is 35.5. The second-order valence-corrected chi connectivity index (χ2v) is 6.04. The molecule has 2 rings (SSSR count). The van der Waals surface area contributed by atoms with E-state index in [1.807, 2.05) is 67.3 Å². The molecule has 0 spiro atoms. The number of aromatic nitrogens is 1.